The van der Waals surface area contributed by atoms with Crippen LogP contribution in [0.25, 0.3) is 0 Å². The zero-order valence-electron chi connectivity index (χ0n) is 12.0. The van der Waals surface area contributed by atoms with Crippen LogP contribution in [0, 0.1) is 5.41 Å². The molecule has 19 heavy (non-hydrogen) atoms. The van der Waals surface area contributed by atoms with Gasteiger partial charge in [0.05, 0.1) is 0 Å². The Kier molecular flexibility index (Phi) is 4.55. The molecule has 1 amide bonds. The van der Waals surface area contributed by atoms with E-state index in [1.807, 2.05) is 20.8 Å². The monoisotopic (exact) mass is 281 g/mol. The number of hydrogen-bond acceptors (Lipinski definition) is 4. The number of aromatic nitrogens is 2. The van der Waals surface area contributed by atoms with Crippen molar-refractivity contribution in [2.24, 2.45) is 5.41 Å². The Labute approximate surface area is 119 Å². The van der Waals surface area contributed by atoms with Gasteiger partial charge in [-0.15, -0.1) is 10.2 Å². The SMILES string of the molecule is CCC(C)(C)C(=O)Nc1nnc(C2CCCCC2)s1. The summed E-state index contributed by atoms with van der Waals surface area (Å²) < 4.78 is 0. The molecule has 0 spiro atoms. The average molecular weight is 281 g/mol. The predicted octanol–water partition coefficient (Wildman–Crippen LogP) is 3.96. The summed E-state index contributed by atoms with van der Waals surface area (Å²) in [5.41, 5.74) is -0.351. The van der Waals surface area contributed by atoms with Crippen LogP contribution in [0.3, 0.4) is 0 Å². The molecule has 2 rings (SSSR count). The third-order valence-corrected chi connectivity index (χ3v) is 5.12. The summed E-state index contributed by atoms with van der Waals surface area (Å²) >= 11 is 1.54. The molecule has 0 radical (unpaired) electrons. The zero-order valence-corrected chi connectivity index (χ0v) is 12.8. The van der Waals surface area contributed by atoms with Crippen LogP contribution in [-0.2, 0) is 4.79 Å². The quantitative estimate of drug-likeness (QED) is 0.908. The van der Waals surface area contributed by atoms with Crippen molar-refractivity contribution in [3.05, 3.63) is 5.01 Å². The lowest BCUT2D eigenvalue weighted by Crippen LogP contribution is -2.29. The lowest BCUT2D eigenvalue weighted by molar-refractivity contribution is -0.124. The highest BCUT2D eigenvalue weighted by Crippen LogP contribution is 2.35. The Morgan fingerprint density at radius 3 is 2.63 bits per heavy atom. The van der Waals surface area contributed by atoms with Gasteiger partial charge in [0.25, 0.3) is 0 Å². The molecule has 1 fully saturated rings. The molecule has 1 aromatic rings. The number of nitrogens with one attached hydrogen (secondary N) is 1. The molecule has 0 aliphatic heterocycles. The van der Waals surface area contributed by atoms with E-state index in [2.05, 4.69) is 15.5 Å². The van der Waals surface area contributed by atoms with Crippen molar-refractivity contribution in [1.82, 2.24) is 10.2 Å². The summed E-state index contributed by atoms with van der Waals surface area (Å²) in [6.45, 7) is 5.92. The largest absolute Gasteiger partial charge is 0.300 e. The third-order valence-electron chi connectivity index (χ3n) is 4.11. The fraction of sp³-hybridized carbons (Fsp3) is 0.786. The van der Waals surface area contributed by atoms with E-state index in [0.29, 0.717) is 11.0 Å². The molecule has 0 atom stereocenters. The fourth-order valence-electron chi connectivity index (χ4n) is 2.23. The van der Waals surface area contributed by atoms with Crippen LogP contribution in [0.1, 0.15) is 70.2 Å². The number of amides is 1. The van der Waals surface area contributed by atoms with Gasteiger partial charge >= 0.3 is 0 Å². The van der Waals surface area contributed by atoms with Gasteiger partial charge in [0.2, 0.25) is 11.0 Å². The molecular weight excluding hydrogens is 258 g/mol. The smallest absolute Gasteiger partial charge is 0.231 e. The second-order valence-corrected chi connectivity index (χ2v) is 6.98. The number of carbonyl (C=O) groups excluding carboxylic acids is 1. The molecule has 1 N–H and O–H groups in total. The number of nitrogens with zero attached hydrogens (tertiary/aromatic N) is 2. The summed E-state index contributed by atoms with van der Waals surface area (Å²) in [5.74, 6) is 0.581. The summed E-state index contributed by atoms with van der Waals surface area (Å²) in [7, 11) is 0. The second kappa shape index (κ2) is 5.99. The molecule has 5 heteroatoms. The molecule has 0 unspecified atom stereocenters. The first-order valence-corrected chi connectivity index (χ1v) is 7.99. The molecule has 1 aliphatic rings. The molecule has 1 heterocycles. The van der Waals surface area contributed by atoms with Crippen molar-refractivity contribution in [1.29, 1.82) is 0 Å². The summed E-state index contributed by atoms with van der Waals surface area (Å²) in [6.07, 6.45) is 7.15. The van der Waals surface area contributed by atoms with Crippen LogP contribution in [0.4, 0.5) is 5.13 Å². The van der Waals surface area contributed by atoms with Crippen LogP contribution in [0.5, 0.6) is 0 Å². The summed E-state index contributed by atoms with van der Waals surface area (Å²) in [6, 6.07) is 0. The van der Waals surface area contributed by atoms with E-state index in [1.54, 1.807) is 11.3 Å². The normalized spacial score (nSPS) is 17.4. The van der Waals surface area contributed by atoms with Gasteiger partial charge < -0.3 is 5.32 Å². The van der Waals surface area contributed by atoms with Gasteiger partial charge in [-0.3, -0.25) is 4.79 Å². The fourth-order valence-corrected chi connectivity index (χ4v) is 3.13. The molecule has 4 nitrogen and oxygen atoms in total. The molecule has 0 bridgehead atoms. The Morgan fingerprint density at radius 2 is 2.00 bits per heavy atom. The molecular formula is C14H23N3OS. The van der Waals surface area contributed by atoms with E-state index in [-0.39, 0.29) is 11.3 Å². The van der Waals surface area contributed by atoms with Crippen molar-refractivity contribution in [2.75, 3.05) is 5.32 Å². The minimum atomic E-state index is -0.351. The van der Waals surface area contributed by atoms with Crippen LogP contribution in [-0.4, -0.2) is 16.1 Å². The van der Waals surface area contributed by atoms with Gasteiger partial charge in [0.1, 0.15) is 5.01 Å². The van der Waals surface area contributed by atoms with E-state index in [1.165, 1.54) is 32.1 Å². The zero-order chi connectivity index (χ0) is 13.9. The van der Waals surface area contributed by atoms with Crippen LogP contribution in [0.2, 0.25) is 0 Å². The predicted molar refractivity (Wildman–Crippen MR) is 78.4 cm³/mol. The molecule has 0 aromatic carbocycles. The van der Waals surface area contributed by atoms with E-state index in [4.69, 9.17) is 0 Å². The highest BCUT2D eigenvalue weighted by molar-refractivity contribution is 7.15. The van der Waals surface area contributed by atoms with E-state index in [0.717, 1.165) is 11.4 Å². The molecule has 0 saturated heterocycles. The minimum absolute atomic E-state index is 0.0290. The van der Waals surface area contributed by atoms with Crippen molar-refractivity contribution in [3.8, 4) is 0 Å². The minimum Gasteiger partial charge on any atom is -0.300 e. The van der Waals surface area contributed by atoms with E-state index >= 15 is 0 Å². The van der Waals surface area contributed by atoms with Crippen LogP contribution in [0.15, 0.2) is 0 Å². The van der Waals surface area contributed by atoms with Crippen LogP contribution < -0.4 is 5.32 Å². The number of carbonyl (C=O) groups is 1. The second-order valence-electron chi connectivity index (χ2n) is 5.97. The number of hydrogen-bond donors (Lipinski definition) is 1. The first-order chi connectivity index (χ1) is 9.03. The maximum Gasteiger partial charge on any atom is 0.231 e. The van der Waals surface area contributed by atoms with Gasteiger partial charge in [0, 0.05) is 11.3 Å². The summed E-state index contributed by atoms with van der Waals surface area (Å²) in [5, 5.41) is 13.0. The maximum absolute atomic E-state index is 12.1. The van der Waals surface area contributed by atoms with Gasteiger partial charge in [-0.1, -0.05) is 51.4 Å². The summed E-state index contributed by atoms with van der Waals surface area (Å²) in [4.78, 5) is 12.1. The standard InChI is InChI=1S/C14H23N3OS/c1-4-14(2,3)12(18)15-13-17-16-11(19-13)10-8-6-5-7-9-10/h10H,4-9H2,1-3H3,(H,15,17,18). The molecule has 1 aliphatic carbocycles. The van der Waals surface area contributed by atoms with E-state index < -0.39 is 0 Å². The number of rotatable bonds is 4. The van der Waals surface area contributed by atoms with Crippen LogP contribution >= 0.6 is 11.3 Å². The highest BCUT2D eigenvalue weighted by atomic mass is 32.1. The average Bonchev–Trinajstić information content (AvgIpc) is 2.88. The van der Waals surface area contributed by atoms with Crippen molar-refractivity contribution < 1.29 is 4.79 Å². The first-order valence-electron chi connectivity index (χ1n) is 7.18. The molecule has 1 saturated carbocycles. The van der Waals surface area contributed by atoms with Crippen molar-refractivity contribution in [2.45, 2.75) is 65.2 Å². The third kappa shape index (κ3) is 3.53. The first kappa shape index (κ1) is 14.4. The Hall–Kier alpha value is -0.970. The molecule has 1 aromatic heterocycles. The number of anilines is 1. The Bertz CT molecular complexity index is 436. The van der Waals surface area contributed by atoms with E-state index in [9.17, 15) is 4.79 Å². The Balaban J connectivity index is 1.99. The maximum atomic E-state index is 12.1. The Morgan fingerprint density at radius 1 is 1.32 bits per heavy atom. The molecule has 106 valence electrons. The lowest BCUT2D eigenvalue weighted by atomic mass is 9.89. The highest BCUT2D eigenvalue weighted by Gasteiger charge is 2.27. The van der Waals surface area contributed by atoms with Gasteiger partial charge in [0.15, 0.2) is 0 Å². The van der Waals surface area contributed by atoms with Crippen molar-refractivity contribution in [3.63, 3.8) is 0 Å². The van der Waals surface area contributed by atoms with Gasteiger partial charge in [-0.25, -0.2) is 0 Å². The topological polar surface area (TPSA) is 54.9 Å². The lowest BCUT2D eigenvalue weighted by Gasteiger charge is -2.20. The van der Waals surface area contributed by atoms with Gasteiger partial charge in [-0.05, 0) is 19.3 Å². The van der Waals surface area contributed by atoms with Crippen molar-refractivity contribution >= 4 is 22.4 Å². The van der Waals surface area contributed by atoms with Gasteiger partial charge in [-0.2, -0.15) is 0 Å².